The Bertz CT molecular complexity index is 939. The SMILES string of the molecule is O=C(O)c1csc(SCCN2C(=O)CCC2CNc2ccc(Cl)c(C(F)(F)F)c2)n1. The molecule has 1 saturated heterocycles. The first-order chi connectivity index (χ1) is 14.1. The summed E-state index contributed by atoms with van der Waals surface area (Å²) in [5.41, 5.74) is -0.638. The predicted molar refractivity (Wildman–Crippen MR) is 109 cm³/mol. The van der Waals surface area contributed by atoms with Gasteiger partial charge in [-0.3, -0.25) is 4.79 Å². The van der Waals surface area contributed by atoms with E-state index in [9.17, 15) is 22.8 Å². The summed E-state index contributed by atoms with van der Waals surface area (Å²) in [4.78, 5) is 28.8. The quantitative estimate of drug-likeness (QED) is 0.534. The minimum absolute atomic E-state index is 0.0111. The van der Waals surface area contributed by atoms with E-state index in [1.807, 2.05) is 0 Å². The largest absolute Gasteiger partial charge is 0.476 e. The maximum atomic E-state index is 13.0. The molecule has 1 amide bonds. The molecule has 0 aliphatic carbocycles. The lowest BCUT2D eigenvalue weighted by molar-refractivity contribution is -0.137. The van der Waals surface area contributed by atoms with Gasteiger partial charge in [-0.25, -0.2) is 9.78 Å². The fourth-order valence-corrected chi connectivity index (χ4v) is 5.09. The molecular weight excluding hydrogens is 463 g/mol. The number of anilines is 1. The second kappa shape index (κ2) is 9.44. The van der Waals surface area contributed by atoms with E-state index in [1.165, 1.54) is 40.6 Å². The molecule has 1 aromatic carbocycles. The van der Waals surface area contributed by atoms with Crippen molar-refractivity contribution in [2.75, 3.05) is 24.2 Å². The number of thiazole rings is 1. The summed E-state index contributed by atoms with van der Waals surface area (Å²) in [5, 5.41) is 13.0. The Morgan fingerprint density at radius 3 is 2.87 bits per heavy atom. The standard InChI is InChI=1S/C18H17ClF3N3O3S2/c19-13-3-1-10(7-12(13)18(20,21)22)23-8-11-2-4-15(26)25(11)5-6-29-17-24-14(9-30-17)16(27)28/h1,3,7,9,11,23H,2,4-6,8H2,(H,27,28). The number of nitrogens with zero attached hydrogens (tertiary/aromatic N) is 2. The third-order valence-electron chi connectivity index (χ3n) is 4.53. The first-order valence-electron chi connectivity index (χ1n) is 8.87. The number of nitrogens with one attached hydrogen (secondary N) is 1. The maximum Gasteiger partial charge on any atom is 0.417 e. The molecule has 162 valence electrons. The number of hydrogen-bond acceptors (Lipinski definition) is 6. The molecule has 12 heteroatoms. The van der Waals surface area contributed by atoms with E-state index in [4.69, 9.17) is 16.7 Å². The summed E-state index contributed by atoms with van der Waals surface area (Å²) in [7, 11) is 0. The molecule has 1 aliphatic heterocycles. The fraction of sp³-hybridized carbons (Fsp3) is 0.389. The van der Waals surface area contributed by atoms with Gasteiger partial charge in [0.25, 0.3) is 0 Å². The van der Waals surface area contributed by atoms with Gasteiger partial charge in [-0.1, -0.05) is 23.4 Å². The van der Waals surface area contributed by atoms with Crippen LogP contribution in [-0.2, 0) is 11.0 Å². The Morgan fingerprint density at radius 1 is 1.43 bits per heavy atom. The smallest absolute Gasteiger partial charge is 0.417 e. The van der Waals surface area contributed by atoms with E-state index in [2.05, 4.69) is 10.3 Å². The predicted octanol–water partition coefficient (Wildman–Crippen LogP) is 4.71. The van der Waals surface area contributed by atoms with Crippen LogP contribution in [0.4, 0.5) is 18.9 Å². The highest BCUT2D eigenvalue weighted by molar-refractivity contribution is 8.01. The second-order valence-corrected chi connectivity index (χ2v) is 9.11. The molecule has 2 heterocycles. The number of halogens is 4. The lowest BCUT2D eigenvalue weighted by Gasteiger charge is -2.25. The van der Waals surface area contributed by atoms with Crippen LogP contribution in [0.2, 0.25) is 5.02 Å². The van der Waals surface area contributed by atoms with Crippen LogP contribution in [0.3, 0.4) is 0 Å². The molecule has 0 bridgehead atoms. The third kappa shape index (κ3) is 5.58. The molecule has 2 aromatic rings. The van der Waals surface area contributed by atoms with Crippen molar-refractivity contribution in [1.29, 1.82) is 0 Å². The van der Waals surface area contributed by atoms with Gasteiger partial charge in [0, 0.05) is 42.4 Å². The molecule has 3 rings (SSSR count). The number of amides is 1. The Balaban J connectivity index is 1.55. The van der Waals surface area contributed by atoms with Crippen LogP contribution >= 0.6 is 34.7 Å². The van der Waals surface area contributed by atoms with Crippen LogP contribution < -0.4 is 5.32 Å². The van der Waals surface area contributed by atoms with Crippen molar-refractivity contribution in [2.24, 2.45) is 0 Å². The minimum atomic E-state index is -4.54. The van der Waals surface area contributed by atoms with Crippen molar-refractivity contribution < 1.29 is 27.9 Å². The Kier molecular flexibility index (Phi) is 7.14. The van der Waals surface area contributed by atoms with Gasteiger partial charge in [0.2, 0.25) is 5.91 Å². The van der Waals surface area contributed by atoms with Crippen molar-refractivity contribution in [3.8, 4) is 0 Å². The zero-order valence-corrected chi connectivity index (χ0v) is 17.8. The summed E-state index contributed by atoms with van der Waals surface area (Å²) in [6.45, 7) is 0.752. The van der Waals surface area contributed by atoms with Crippen molar-refractivity contribution in [3.63, 3.8) is 0 Å². The van der Waals surface area contributed by atoms with E-state index in [1.54, 1.807) is 4.90 Å². The molecule has 6 nitrogen and oxygen atoms in total. The third-order valence-corrected chi connectivity index (χ3v) is 6.86. The molecule has 1 atom stereocenters. The van der Waals surface area contributed by atoms with Crippen molar-refractivity contribution in [3.05, 3.63) is 39.9 Å². The Hall–Kier alpha value is -1.98. The lowest BCUT2D eigenvalue weighted by Crippen LogP contribution is -2.39. The maximum absolute atomic E-state index is 13.0. The highest BCUT2D eigenvalue weighted by Crippen LogP contribution is 2.36. The summed E-state index contributed by atoms with van der Waals surface area (Å²) in [6, 6.07) is 3.48. The van der Waals surface area contributed by atoms with Crippen LogP contribution in [0.5, 0.6) is 0 Å². The van der Waals surface area contributed by atoms with Gasteiger partial charge in [-0.15, -0.1) is 11.3 Å². The highest BCUT2D eigenvalue weighted by atomic mass is 35.5. The topological polar surface area (TPSA) is 82.5 Å². The number of carboxylic acids is 1. The number of hydrogen-bond donors (Lipinski definition) is 2. The van der Waals surface area contributed by atoms with E-state index >= 15 is 0 Å². The number of carboxylic acid groups (broad SMARTS) is 1. The molecule has 30 heavy (non-hydrogen) atoms. The summed E-state index contributed by atoms with van der Waals surface area (Å²) in [5.74, 6) is -0.566. The summed E-state index contributed by atoms with van der Waals surface area (Å²) >= 11 is 8.22. The zero-order valence-electron chi connectivity index (χ0n) is 15.4. The number of alkyl halides is 3. The van der Waals surface area contributed by atoms with E-state index in [0.29, 0.717) is 36.0 Å². The van der Waals surface area contributed by atoms with E-state index in [0.717, 1.165) is 6.07 Å². The first kappa shape index (κ1) is 22.7. The zero-order chi connectivity index (χ0) is 21.9. The number of likely N-dealkylation sites (tertiary alicyclic amines) is 1. The molecule has 0 spiro atoms. The number of aromatic carboxylic acids is 1. The normalized spacial score (nSPS) is 16.9. The van der Waals surface area contributed by atoms with Crippen molar-refractivity contribution in [1.82, 2.24) is 9.88 Å². The second-order valence-electron chi connectivity index (χ2n) is 6.51. The van der Waals surface area contributed by atoms with Crippen LogP contribution in [0, 0.1) is 0 Å². The monoisotopic (exact) mass is 479 g/mol. The number of carbonyl (C=O) groups excluding carboxylic acids is 1. The molecule has 0 saturated carbocycles. The molecule has 1 unspecified atom stereocenters. The van der Waals surface area contributed by atoms with Gasteiger partial charge in [0.05, 0.1) is 10.6 Å². The van der Waals surface area contributed by atoms with Gasteiger partial charge in [-0.2, -0.15) is 13.2 Å². The van der Waals surface area contributed by atoms with E-state index in [-0.39, 0.29) is 28.4 Å². The van der Waals surface area contributed by atoms with Gasteiger partial charge in [0.1, 0.15) is 0 Å². The van der Waals surface area contributed by atoms with Crippen LogP contribution in [0.25, 0.3) is 0 Å². The molecular formula is C18H17ClF3N3O3S2. The molecule has 1 fully saturated rings. The number of aromatic nitrogens is 1. The first-order valence-corrected chi connectivity index (χ1v) is 11.1. The Labute approximate surface area is 183 Å². The average Bonchev–Trinajstić information content (AvgIpc) is 3.28. The van der Waals surface area contributed by atoms with Gasteiger partial charge >= 0.3 is 12.1 Å². The minimum Gasteiger partial charge on any atom is -0.476 e. The van der Waals surface area contributed by atoms with Crippen molar-refractivity contribution in [2.45, 2.75) is 29.4 Å². The van der Waals surface area contributed by atoms with Crippen LogP contribution in [0.1, 0.15) is 28.9 Å². The Morgan fingerprint density at radius 2 is 2.20 bits per heavy atom. The summed E-state index contributed by atoms with van der Waals surface area (Å²) in [6.07, 6.45) is -3.56. The molecule has 0 radical (unpaired) electrons. The van der Waals surface area contributed by atoms with E-state index < -0.39 is 17.7 Å². The fourth-order valence-electron chi connectivity index (χ4n) is 3.05. The highest BCUT2D eigenvalue weighted by Gasteiger charge is 2.34. The van der Waals surface area contributed by atoms with Gasteiger partial charge < -0.3 is 15.3 Å². The van der Waals surface area contributed by atoms with Crippen molar-refractivity contribution >= 4 is 52.3 Å². The molecule has 2 N–H and O–H groups in total. The molecule has 1 aromatic heterocycles. The van der Waals surface area contributed by atoms with Gasteiger partial charge in [-0.05, 0) is 24.6 Å². The number of carbonyl (C=O) groups is 2. The number of thioether (sulfide) groups is 1. The number of rotatable bonds is 8. The lowest BCUT2D eigenvalue weighted by atomic mass is 10.1. The summed E-state index contributed by atoms with van der Waals surface area (Å²) < 4.78 is 39.6. The number of benzene rings is 1. The molecule has 1 aliphatic rings. The van der Waals surface area contributed by atoms with Crippen LogP contribution in [0.15, 0.2) is 27.9 Å². The van der Waals surface area contributed by atoms with Gasteiger partial charge in [0.15, 0.2) is 10.0 Å². The average molecular weight is 480 g/mol. The van der Waals surface area contributed by atoms with Crippen LogP contribution in [-0.4, -0.2) is 51.8 Å².